The second kappa shape index (κ2) is 7.99. The van der Waals surface area contributed by atoms with E-state index in [2.05, 4.69) is 94.8 Å². The van der Waals surface area contributed by atoms with Crippen LogP contribution < -0.4 is 0 Å². The number of aromatic amines is 2. The first-order chi connectivity index (χ1) is 15.7. The summed E-state index contributed by atoms with van der Waals surface area (Å²) < 4.78 is 0. The molecule has 3 aromatic carbocycles. The quantitative estimate of drug-likeness (QED) is 0.315. The average molecular weight is 420 g/mol. The smallest absolute Gasteiger partial charge is 0.0471 e. The van der Waals surface area contributed by atoms with Gasteiger partial charge in [-0.2, -0.15) is 0 Å². The van der Waals surface area contributed by atoms with Crippen LogP contribution in [0.3, 0.4) is 0 Å². The second-order valence-corrected chi connectivity index (χ2v) is 9.24. The Bertz CT molecular complexity index is 1400. The van der Waals surface area contributed by atoms with Crippen LogP contribution in [0.5, 0.6) is 0 Å². The van der Waals surface area contributed by atoms with E-state index < -0.39 is 0 Å². The number of benzene rings is 3. The summed E-state index contributed by atoms with van der Waals surface area (Å²) in [7, 11) is 0. The van der Waals surface area contributed by atoms with Gasteiger partial charge in [0.05, 0.1) is 0 Å². The van der Waals surface area contributed by atoms with Gasteiger partial charge in [0.2, 0.25) is 0 Å². The molecule has 0 bridgehead atoms. The van der Waals surface area contributed by atoms with Crippen molar-refractivity contribution in [3.8, 4) is 22.4 Å². The van der Waals surface area contributed by atoms with Gasteiger partial charge >= 0.3 is 0 Å². The molecule has 1 aliphatic rings. The lowest BCUT2D eigenvalue weighted by molar-refractivity contribution is 0.221. The Morgan fingerprint density at radius 2 is 1.69 bits per heavy atom. The number of rotatable bonds is 4. The van der Waals surface area contributed by atoms with E-state index in [9.17, 15) is 0 Å². The minimum Gasteiger partial charge on any atom is -0.366 e. The van der Waals surface area contributed by atoms with Crippen LogP contribution in [0.15, 0.2) is 73.1 Å². The van der Waals surface area contributed by atoms with E-state index in [1.165, 1.54) is 87.5 Å². The van der Waals surface area contributed by atoms with Gasteiger partial charge in [0, 0.05) is 51.9 Å². The topological polar surface area (TPSA) is 34.8 Å². The van der Waals surface area contributed by atoms with Crippen LogP contribution in [0.25, 0.3) is 44.1 Å². The standard InChI is InChI=1S/C29H29N3/c1-20-7-3-4-8-25(20)22-14-24-17-30-18-27(24)26(15-22)29-16-23-13-21(9-10-28(23)31-29)19-32-11-5-2-6-12-32/h3-4,7-10,13-18,30-31H,2,5-6,11-12,19H2,1H3. The van der Waals surface area contributed by atoms with Gasteiger partial charge in [0.15, 0.2) is 0 Å². The Hall–Kier alpha value is -3.30. The number of fused-ring (bicyclic) bond motifs is 2. The molecule has 1 aliphatic heterocycles. The lowest BCUT2D eigenvalue weighted by atomic mass is 9.95. The molecule has 0 unspecified atom stereocenters. The van der Waals surface area contributed by atoms with Gasteiger partial charge in [-0.15, -0.1) is 0 Å². The zero-order valence-corrected chi connectivity index (χ0v) is 18.6. The minimum absolute atomic E-state index is 1.06. The predicted octanol–water partition coefficient (Wildman–Crippen LogP) is 7.28. The normalized spacial score (nSPS) is 15.0. The number of H-pyrrole nitrogens is 2. The molecule has 0 amide bonds. The highest BCUT2D eigenvalue weighted by Crippen LogP contribution is 2.36. The minimum atomic E-state index is 1.06. The molecule has 1 fully saturated rings. The Morgan fingerprint density at radius 1 is 0.812 bits per heavy atom. The van der Waals surface area contributed by atoms with Gasteiger partial charge in [-0.1, -0.05) is 36.8 Å². The van der Waals surface area contributed by atoms with E-state index in [0.29, 0.717) is 0 Å². The molecule has 0 spiro atoms. The maximum atomic E-state index is 3.69. The van der Waals surface area contributed by atoms with E-state index >= 15 is 0 Å². The second-order valence-electron chi connectivity index (χ2n) is 9.24. The molecule has 0 saturated carbocycles. The van der Waals surface area contributed by atoms with Crippen molar-refractivity contribution in [1.82, 2.24) is 14.9 Å². The van der Waals surface area contributed by atoms with E-state index in [-0.39, 0.29) is 0 Å². The highest BCUT2D eigenvalue weighted by Gasteiger charge is 2.14. The lowest BCUT2D eigenvalue weighted by Gasteiger charge is -2.26. The fourth-order valence-corrected chi connectivity index (χ4v) is 5.25. The molecular formula is C29H29N3. The molecule has 0 radical (unpaired) electrons. The molecule has 32 heavy (non-hydrogen) atoms. The van der Waals surface area contributed by atoms with Crippen molar-refractivity contribution in [1.29, 1.82) is 0 Å². The SMILES string of the molecule is Cc1ccccc1-c1cc(-c2cc3cc(CN4CCCCC4)ccc3[nH]2)c2c[nH]cc2c1. The molecule has 6 rings (SSSR count). The number of likely N-dealkylation sites (tertiary alicyclic amines) is 1. The van der Waals surface area contributed by atoms with Crippen LogP contribution >= 0.6 is 0 Å². The summed E-state index contributed by atoms with van der Waals surface area (Å²) >= 11 is 0. The van der Waals surface area contributed by atoms with Gasteiger partial charge < -0.3 is 9.97 Å². The molecule has 5 aromatic rings. The molecule has 2 aromatic heterocycles. The van der Waals surface area contributed by atoms with Crippen molar-refractivity contribution in [3.63, 3.8) is 0 Å². The van der Waals surface area contributed by atoms with Crippen LogP contribution in [-0.2, 0) is 6.54 Å². The number of piperidine rings is 1. The van der Waals surface area contributed by atoms with Crippen molar-refractivity contribution < 1.29 is 0 Å². The van der Waals surface area contributed by atoms with Gasteiger partial charge in [-0.05, 0) is 85.4 Å². The Morgan fingerprint density at radius 3 is 2.56 bits per heavy atom. The molecule has 0 atom stereocenters. The van der Waals surface area contributed by atoms with Crippen molar-refractivity contribution in [2.75, 3.05) is 13.1 Å². The van der Waals surface area contributed by atoms with Crippen molar-refractivity contribution >= 4 is 21.7 Å². The summed E-state index contributed by atoms with van der Waals surface area (Å²) in [5.41, 5.74) is 8.88. The average Bonchev–Trinajstić information content (AvgIpc) is 3.46. The molecular weight excluding hydrogens is 390 g/mol. The number of hydrogen-bond donors (Lipinski definition) is 2. The third kappa shape index (κ3) is 3.53. The maximum absolute atomic E-state index is 3.69. The first-order valence-electron chi connectivity index (χ1n) is 11.8. The van der Waals surface area contributed by atoms with Gasteiger partial charge in [0.1, 0.15) is 0 Å². The summed E-state index contributed by atoms with van der Waals surface area (Å²) in [6.45, 7) is 5.70. The van der Waals surface area contributed by atoms with E-state index in [4.69, 9.17) is 0 Å². The summed E-state index contributed by atoms with van der Waals surface area (Å²) in [5, 5.41) is 3.78. The van der Waals surface area contributed by atoms with Gasteiger partial charge in [0.25, 0.3) is 0 Å². The van der Waals surface area contributed by atoms with E-state index in [1.807, 2.05) is 0 Å². The summed E-state index contributed by atoms with van der Waals surface area (Å²) in [4.78, 5) is 9.59. The van der Waals surface area contributed by atoms with Crippen LogP contribution in [0, 0.1) is 6.92 Å². The lowest BCUT2D eigenvalue weighted by Crippen LogP contribution is -2.28. The van der Waals surface area contributed by atoms with Gasteiger partial charge in [-0.25, -0.2) is 0 Å². The third-order valence-electron chi connectivity index (χ3n) is 6.96. The number of aryl methyl sites for hydroxylation is 1. The summed E-state index contributed by atoms with van der Waals surface area (Å²) in [6, 6.07) is 22.5. The zero-order valence-electron chi connectivity index (χ0n) is 18.6. The highest BCUT2D eigenvalue weighted by atomic mass is 15.1. The number of aromatic nitrogens is 2. The number of nitrogens with zero attached hydrogens (tertiary/aromatic N) is 1. The molecule has 160 valence electrons. The van der Waals surface area contributed by atoms with Crippen molar-refractivity contribution in [2.24, 2.45) is 0 Å². The van der Waals surface area contributed by atoms with Crippen molar-refractivity contribution in [3.05, 3.63) is 84.2 Å². The van der Waals surface area contributed by atoms with Crippen LogP contribution in [-0.4, -0.2) is 28.0 Å². The molecule has 0 aliphatic carbocycles. The maximum Gasteiger partial charge on any atom is 0.0471 e. The number of hydrogen-bond acceptors (Lipinski definition) is 1. The largest absolute Gasteiger partial charge is 0.366 e. The first-order valence-corrected chi connectivity index (χ1v) is 11.8. The van der Waals surface area contributed by atoms with E-state index in [1.54, 1.807) is 0 Å². The number of nitrogens with one attached hydrogen (secondary N) is 2. The summed E-state index contributed by atoms with van der Waals surface area (Å²) in [6.07, 6.45) is 8.26. The molecule has 1 saturated heterocycles. The monoisotopic (exact) mass is 419 g/mol. The Labute approximate surface area is 189 Å². The van der Waals surface area contributed by atoms with Crippen LogP contribution in [0.1, 0.15) is 30.4 Å². The Kier molecular flexibility index (Phi) is 4.84. The van der Waals surface area contributed by atoms with Gasteiger partial charge in [-0.3, -0.25) is 4.90 Å². The fraction of sp³-hybridized carbons (Fsp3) is 0.241. The zero-order chi connectivity index (χ0) is 21.5. The first kappa shape index (κ1) is 19.4. The van der Waals surface area contributed by atoms with E-state index in [0.717, 1.165) is 6.54 Å². The van der Waals surface area contributed by atoms with Crippen LogP contribution in [0.4, 0.5) is 0 Å². The fourth-order valence-electron chi connectivity index (χ4n) is 5.25. The van der Waals surface area contributed by atoms with Crippen molar-refractivity contribution in [2.45, 2.75) is 32.7 Å². The predicted molar refractivity (Wildman–Crippen MR) is 135 cm³/mol. The molecule has 3 heterocycles. The summed E-state index contributed by atoms with van der Waals surface area (Å²) in [5.74, 6) is 0. The molecule has 3 nitrogen and oxygen atoms in total. The third-order valence-corrected chi connectivity index (χ3v) is 6.96. The molecule has 3 heteroatoms. The molecule has 2 N–H and O–H groups in total. The van der Waals surface area contributed by atoms with Crippen LogP contribution in [0.2, 0.25) is 0 Å². The Balaban J connectivity index is 1.42. The highest BCUT2D eigenvalue weighted by molar-refractivity contribution is 6.01.